The van der Waals surface area contributed by atoms with E-state index in [4.69, 9.17) is 4.99 Å². The number of aryl methyl sites for hydroxylation is 1. The minimum atomic E-state index is -0.199. The number of aromatic amines is 1. The molecule has 4 rings (SSSR count). The van der Waals surface area contributed by atoms with Crippen LogP contribution in [0, 0.1) is 0 Å². The molecular weight excluding hydrogens is 422 g/mol. The Morgan fingerprint density at radius 1 is 1.00 bits per heavy atom. The van der Waals surface area contributed by atoms with Gasteiger partial charge < -0.3 is 15.2 Å². The van der Waals surface area contributed by atoms with Crippen molar-refractivity contribution in [3.05, 3.63) is 95.7 Å². The van der Waals surface area contributed by atoms with Gasteiger partial charge in [0, 0.05) is 54.7 Å². The highest BCUT2D eigenvalue weighted by molar-refractivity contribution is 6.10. The third-order valence-electron chi connectivity index (χ3n) is 5.80. The van der Waals surface area contributed by atoms with Crippen LogP contribution in [0.1, 0.15) is 28.4 Å². The molecule has 34 heavy (non-hydrogen) atoms. The summed E-state index contributed by atoms with van der Waals surface area (Å²) in [6.07, 6.45) is 3.73. The summed E-state index contributed by atoms with van der Waals surface area (Å²) in [7, 11) is 3.95. The lowest BCUT2D eigenvalue weighted by Crippen LogP contribution is -2.36. The molecule has 3 N–H and O–H groups in total. The van der Waals surface area contributed by atoms with Crippen molar-refractivity contribution in [1.82, 2.24) is 10.3 Å². The van der Waals surface area contributed by atoms with Gasteiger partial charge in [-0.3, -0.25) is 15.1 Å². The summed E-state index contributed by atoms with van der Waals surface area (Å²) in [5.41, 5.74) is 6.06. The first-order chi connectivity index (χ1) is 16.5. The Labute approximate surface area is 200 Å². The Morgan fingerprint density at radius 2 is 1.79 bits per heavy atom. The van der Waals surface area contributed by atoms with E-state index in [1.807, 2.05) is 73.7 Å². The molecule has 174 valence electrons. The summed E-state index contributed by atoms with van der Waals surface area (Å²) in [5, 5.41) is 7.47. The lowest BCUT2D eigenvalue weighted by Gasteiger charge is -2.14. The molecule has 0 aliphatic heterocycles. The van der Waals surface area contributed by atoms with Crippen molar-refractivity contribution in [2.24, 2.45) is 4.99 Å². The van der Waals surface area contributed by atoms with Crippen LogP contribution in [0.3, 0.4) is 0 Å². The number of rotatable bonds is 7. The summed E-state index contributed by atoms with van der Waals surface area (Å²) < 4.78 is 0. The first-order valence-electron chi connectivity index (χ1n) is 11.6. The number of para-hydroxylation sites is 1. The predicted molar refractivity (Wildman–Crippen MR) is 142 cm³/mol. The monoisotopic (exact) mass is 453 g/mol. The van der Waals surface area contributed by atoms with Crippen molar-refractivity contribution in [2.75, 3.05) is 30.9 Å². The highest BCUT2D eigenvalue weighted by atomic mass is 16.1. The zero-order valence-electron chi connectivity index (χ0n) is 19.9. The summed E-state index contributed by atoms with van der Waals surface area (Å²) >= 11 is 0. The standard InChI is InChI=1S/C28H31N5O/c1-4-20-8-7-9-23(18-20)31-28(32-27(34)21-12-14-24(15-13-21)33(2)3)29-17-16-22-19-30-26-11-6-5-10-25(22)26/h5-15,18-19,30H,4,16-17H2,1-3H3,(H2,29,31,32,34). The van der Waals surface area contributed by atoms with Crippen LogP contribution in [-0.4, -0.2) is 37.5 Å². The van der Waals surface area contributed by atoms with Crippen molar-refractivity contribution < 1.29 is 4.79 Å². The molecule has 0 atom stereocenters. The number of hydrogen-bond donors (Lipinski definition) is 3. The van der Waals surface area contributed by atoms with E-state index in [0.717, 1.165) is 29.7 Å². The number of fused-ring (bicyclic) bond motifs is 1. The van der Waals surface area contributed by atoms with E-state index in [0.29, 0.717) is 18.1 Å². The Morgan fingerprint density at radius 3 is 2.56 bits per heavy atom. The molecule has 0 saturated heterocycles. The van der Waals surface area contributed by atoms with Crippen molar-refractivity contribution in [2.45, 2.75) is 19.8 Å². The zero-order chi connectivity index (χ0) is 23.9. The Bertz CT molecular complexity index is 1290. The molecule has 4 aromatic rings. The fourth-order valence-electron chi connectivity index (χ4n) is 3.83. The fraction of sp³-hybridized carbons (Fsp3) is 0.214. The van der Waals surface area contributed by atoms with Gasteiger partial charge in [0.2, 0.25) is 5.96 Å². The van der Waals surface area contributed by atoms with E-state index in [1.165, 1.54) is 16.5 Å². The molecule has 0 bridgehead atoms. The van der Waals surface area contributed by atoms with Gasteiger partial charge in [-0.05, 0) is 66.4 Å². The van der Waals surface area contributed by atoms with E-state index in [-0.39, 0.29) is 5.91 Å². The van der Waals surface area contributed by atoms with E-state index in [9.17, 15) is 4.79 Å². The number of H-pyrrole nitrogens is 1. The Hall–Kier alpha value is -4.06. The minimum Gasteiger partial charge on any atom is -0.378 e. The van der Waals surface area contributed by atoms with Crippen LogP contribution in [0.4, 0.5) is 11.4 Å². The van der Waals surface area contributed by atoms with Crippen LogP contribution in [0.5, 0.6) is 0 Å². The maximum Gasteiger partial charge on any atom is 0.257 e. The number of hydrogen-bond acceptors (Lipinski definition) is 3. The molecule has 1 amide bonds. The number of guanidine groups is 1. The van der Waals surface area contributed by atoms with Gasteiger partial charge in [-0.25, -0.2) is 0 Å². The van der Waals surface area contributed by atoms with Gasteiger partial charge in [0.15, 0.2) is 0 Å². The normalized spacial score (nSPS) is 11.4. The number of amides is 1. The quantitative estimate of drug-likeness (QED) is 0.265. The van der Waals surface area contributed by atoms with Crippen LogP contribution in [0.25, 0.3) is 10.9 Å². The van der Waals surface area contributed by atoms with Crippen LogP contribution < -0.4 is 15.5 Å². The number of nitrogens with zero attached hydrogens (tertiary/aromatic N) is 2. The lowest BCUT2D eigenvalue weighted by atomic mass is 10.1. The molecule has 1 aromatic heterocycles. The highest BCUT2D eigenvalue weighted by Gasteiger charge is 2.11. The van der Waals surface area contributed by atoms with Crippen LogP contribution >= 0.6 is 0 Å². The number of benzene rings is 3. The van der Waals surface area contributed by atoms with E-state index in [2.05, 4.69) is 46.8 Å². The van der Waals surface area contributed by atoms with E-state index < -0.39 is 0 Å². The van der Waals surface area contributed by atoms with Gasteiger partial charge in [-0.15, -0.1) is 0 Å². The third-order valence-corrected chi connectivity index (χ3v) is 5.80. The molecule has 6 nitrogen and oxygen atoms in total. The van der Waals surface area contributed by atoms with Crippen molar-refractivity contribution in [3.63, 3.8) is 0 Å². The molecule has 0 spiro atoms. The van der Waals surface area contributed by atoms with Crippen LogP contribution in [0.2, 0.25) is 0 Å². The first-order valence-corrected chi connectivity index (χ1v) is 11.6. The van der Waals surface area contributed by atoms with Gasteiger partial charge in [0.05, 0.1) is 0 Å². The third kappa shape index (κ3) is 5.64. The molecule has 0 unspecified atom stereocenters. The second-order valence-corrected chi connectivity index (χ2v) is 8.41. The van der Waals surface area contributed by atoms with Gasteiger partial charge in [0.1, 0.15) is 0 Å². The summed E-state index contributed by atoms with van der Waals surface area (Å²) in [4.78, 5) is 23.0. The molecule has 0 saturated carbocycles. The fourth-order valence-corrected chi connectivity index (χ4v) is 3.83. The molecule has 1 heterocycles. The number of aromatic nitrogens is 1. The molecular formula is C28H31N5O. The van der Waals surface area contributed by atoms with Crippen LogP contribution in [0.15, 0.2) is 84.0 Å². The smallest absolute Gasteiger partial charge is 0.257 e. The van der Waals surface area contributed by atoms with E-state index in [1.54, 1.807) is 0 Å². The second-order valence-electron chi connectivity index (χ2n) is 8.41. The predicted octanol–water partition coefficient (Wildman–Crippen LogP) is 5.24. The van der Waals surface area contributed by atoms with Gasteiger partial charge in [0.25, 0.3) is 5.91 Å². The summed E-state index contributed by atoms with van der Waals surface area (Å²) in [6, 6.07) is 23.9. The maximum atomic E-state index is 13.0. The Kier molecular flexibility index (Phi) is 7.28. The van der Waals surface area contributed by atoms with Crippen molar-refractivity contribution in [3.8, 4) is 0 Å². The second kappa shape index (κ2) is 10.7. The van der Waals surface area contributed by atoms with Crippen LogP contribution in [-0.2, 0) is 12.8 Å². The molecule has 3 aromatic carbocycles. The SMILES string of the molecule is CCc1cccc(NC(=NCCc2c[nH]c3ccccc23)NC(=O)c2ccc(N(C)C)cc2)c1. The average molecular weight is 454 g/mol. The molecule has 0 aliphatic carbocycles. The molecule has 6 heteroatoms. The van der Waals surface area contributed by atoms with Crippen molar-refractivity contribution >= 4 is 34.1 Å². The highest BCUT2D eigenvalue weighted by Crippen LogP contribution is 2.18. The topological polar surface area (TPSA) is 72.5 Å². The minimum absolute atomic E-state index is 0.199. The molecule has 0 radical (unpaired) electrons. The number of carbonyl (C=O) groups is 1. The van der Waals surface area contributed by atoms with Crippen molar-refractivity contribution in [1.29, 1.82) is 0 Å². The summed E-state index contributed by atoms with van der Waals surface area (Å²) in [6.45, 7) is 2.66. The maximum absolute atomic E-state index is 13.0. The van der Waals surface area contributed by atoms with Gasteiger partial charge in [-0.1, -0.05) is 37.3 Å². The molecule has 0 aliphatic rings. The largest absolute Gasteiger partial charge is 0.378 e. The Balaban J connectivity index is 1.52. The summed E-state index contributed by atoms with van der Waals surface area (Å²) in [5.74, 6) is 0.241. The average Bonchev–Trinajstić information content (AvgIpc) is 3.27. The zero-order valence-corrected chi connectivity index (χ0v) is 19.9. The lowest BCUT2D eigenvalue weighted by molar-refractivity contribution is 0.0977. The number of anilines is 2. The number of aliphatic imine (C=N–C) groups is 1. The molecule has 0 fully saturated rings. The first kappa shape index (κ1) is 23.1. The number of nitrogens with one attached hydrogen (secondary N) is 3. The van der Waals surface area contributed by atoms with Gasteiger partial charge in [-0.2, -0.15) is 0 Å². The van der Waals surface area contributed by atoms with Gasteiger partial charge >= 0.3 is 0 Å². The van der Waals surface area contributed by atoms with E-state index >= 15 is 0 Å². The number of carbonyl (C=O) groups excluding carboxylic acids is 1.